The highest BCUT2D eigenvalue weighted by Crippen LogP contribution is 2.33. The Balaban J connectivity index is 1.81. The fraction of sp³-hybridized carbons (Fsp3) is 0.353. The van der Waals surface area contributed by atoms with E-state index in [1.165, 1.54) is 0 Å². The van der Waals surface area contributed by atoms with Crippen LogP contribution < -0.4 is 0 Å². The molecule has 23 heavy (non-hydrogen) atoms. The topological polar surface area (TPSA) is 20.3 Å². The van der Waals surface area contributed by atoms with E-state index in [4.69, 9.17) is 0 Å². The van der Waals surface area contributed by atoms with Crippen LogP contribution in [0.1, 0.15) is 29.6 Å². The summed E-state index contributed by atoms with van der Waals surface area (Å²) < 4.78 is 39.4. The molecule has 1 aliphatic heterocycles. The molecule has 2 aromatic rings. The van der Waals surface area contributed by atoms with Gasteiger partial charge < -0.3 is 4.90 Å². The average Bonchev–Trinajstić information content (AvgIpc) is 3.08. The number of hydrogen-bond donors (Lipinski definition) is 0. The molecule has 2 heterocycles. The molecule has 1 aliphatic rings. The summed E-state index contributed by atoms with van der Waals surface area (Å²) in [6.07, 6.45) is -3.26. The second-order valence-electron chi connectivity index (χ2n) is 5.64. The molecule has 1 atom stereocenters. The molecule has 2 nitrogen and oxygen atoms in total. The predicted octanol–water partition coefficient (Wildman–Crippen LogP) is 4.97. The summed E-state index contributed by atoms with van der Waals surface area (Å²) in [6.45, 7) is 0.162. The van der Waals surface area contributed by atoms with Crippen molar-refractivity contribution in [2.45, 2.75) is 31.5 Å². The number of rotatable bonds is 2. The molecule has 122 valence electrons. The van der Waals surface area contributed by atoms with Crippen molar-refractivity contribution < 1.29 is 18.0 Å². The van der Waals surface area contributed by atoms with Crippen molar-refractivity contribution in [3.63, 3.8) is 0 Å². The van der Waals surface area contributed by atoms with E-state index in [0.29, 0.717) is 18.4 Å². The minimum atomic E-state index is -4.37. The quantitative estimate of drug-likeness (QED) is 0.756. The molecule has 1 aromatic carbocycles. The van der Waals surface area contributed by atoms with Gasteiger partial charge in [-0.25, -0.2) is 0 Å². The Bertz CT molecular complexity index is 664. The zero-order chi connectivity index (χ0) is 16.4. The smallest absolute Gasteiger partial charge is 0.327 e. The number of halogens is 3. The first kappa shape index (κ1) is 16.1. The molecule has 1 saturated heterocycles. The van der Waals surface area contributed by atoms with E-state index in [1.807, 2.05) is 16.8 Å². The van der Waals surface area contributed by atoms with Crippen LogP contribution in [0.25, 0.3) is 11.1 Å². The number of nitrogens with zero attached hydrogens (tertiary/aromatic N) is 1. The summed E-state index contributed by atoms with van der Waals surface area (Å²) in [5.74, 6) is -0.538. The highest BCUT2D eigenvalue weighted by atomic mass is 32.1. The van der Waals surface area contributed by atoms with Crippen LogP contribution in [0.5, 0.6) is 0 Å². The predicted molar refractivity (Wildman–Crippen MR) is 84.5 cm³/mol. The van der Waals surface area contributed by atoms with Gasteiger partial charge in [0.15, 0.2) is 0 Å². The molecule has 3 rings (SSSR count). The van der Waals surface area contributed by atoms with Crippen molar-refractivity contribution in [1.29, 1.82) is 0 Å². The Kier molecular flexibility index (Phi) is 4.43. The van der Waals surface area contributed by atoms with Gasteiger partial charge in [-0.1, -0.05) is 12.1 Å². The first-order chi connectivity index (χ1) is 11.0. The summed E-state index contributed by atoms with van der Waals surface area (Å²) in [5, 5.41) is 3.94. The minimum absolute atomic E-state index is 0.0117. The molecule has 1 amide bonds. The Morgan fingerprint density at radius 2 is 1.83 bits per heavy atom. The van der Waals surface area contributed by atoms with Crippen molar-refractivity contribution in [3.05, 3.63) is 46.7 Å². The Hall–Kier alpha value is -1.82. The summed E-state index contributed by atoms with van der Waals surface area (Å²) in [5.41, 5.74) is 2.30. The summed E-state index contributed by atoms with van der Waals surface area (Å²) in [4.78, 5) is 13.5. The van der Waals surface area contributed by atoms with Gasteiger partial charge in [0.25, 0.3) is 5.91 Å². The normalized spacial score (nSPS) is 18.9. The van der Waals surface area contributed by atoms with E-state index in [0.717, 1.165) is 16.0 Å². The Morgan fingerprint density at radius 1 is 1.09 bits per heavy atom. The van der Waals surface area contributed by atoms with Crippen LogP contribution in [0.3, 0.4) is 0 Å². The van der Waals surface area contributed by atoms with Crippen LogP contribution in [0, 0.1) is 0 Å². The maximum absolute atomic E-state index is 13.1. The van der Waals surface area contributed by atoms with E-state index in [2.05, 4.69) is 0 Å². The second-order valence-corrected chi connectivity index (χ2v) is 6.42. The van der Waals surface area contributed by atoms with Gasteiger partial charge in [0.1, 0.15) is 6.04 Å². The number of carbonyl (C=O) groups excluding carboxylic acids is 1. The molecular weight excluding hydrogens is 323 g/mol. The van der Waals surface area contributed by atoms with Gasteiger partial charge in [0.05, 0.1) is 0 Å². The average molecular weight is 339 g/mol. The SMILES string of the molecule is O=C(c1ccc(-c2ccsc2)cc1)N1CCCCC1C(F)(F)F. The van der Waals surface area contributed by atoms with E-state index in [1.54, 1.807) is 35.6 Å². The molecule has 0 aliphatic carbocycles. The lowest BCUT2D eigenvalue weighted by Gasteiger charge is -2.36. The molecular formula is C17H16F3NOS. The largest absolute Gasteiger partial charge is 0.408 e. The van der Waals surface area contributed by atoms with E-state index < -0.39 is 18.1 Å². The molecule has 0 radical (unpaired) electrons. The number of piperidine rings is 1. The van der Waals surface area contributed by atoms with E-state index in [9.17, 15) is 18.0 Å². The first-order valence-corrected chi connectivity index (χ1v) is 8.41. The summed E-state index contributed by atoms with van der Waals surface area (Å²) >= 11 is 1.57. The van der Waals surface area contributed by atoms with Crippen LogP contribution in [-0.2, 0) is 0 Å². The molecule has 0 bridgehead atoms. The minimum Gasteiger partial charge on any atom is -0.327 e. The fourth-order valence-corrected chi connectivity index (χ4v) is 3.58. The van der Waals surface area contributed by atoms with Gasteiger partial charge >= 0.3 is 6.18 Å². The fourth-order valence-electron chi connectivity index (χ4n) is 2.91. The van der Waals surface area contributed by atoms with Crippen molar-refractivity contribution in [2.24, 2.45) is 0 Å². The Labute approximate surface area is 136 Å². The lowest BCUT2D eigenvalue weighted by atomic mass is 9.99. The highest BCUT2D eigenvalue weighted by Gasteiger charge is 2.46. The number of hydrogen-bond acceptors (Lipinski definition) is 2. The number of alkyl halides is 3. The zero-order valence-corrected chi connectivity index (χ0v) is 13.2. The van der Waals surface area contributed by atoms with Crippen LogP contribution in [0.4, 0.5) is 13.2 Å². The van der Waals surface area contributed by atoms with E-state index >= 15 is 0 Å². The molecule has 6 heteroatoms. The summed E-state index contributed by atoms with van der Waals surface area (Å²) in [6, 6.07) is 7.07. The molecule has 0 saturated carbocycles. The maximum Gasteiger partial charge on any atom is 0.408 e. The maximum atomic E-state index is 13.1. The third-order valence-corrected chi connectivity index (χ3v) is 4.81. The van der Waals surface area contributed by atoms with Gasteiger partial charge in [-0.3, -0.25) is 4.79 Å². The first-order valence-electron chi connectivity index (χ1n) is 7.47. The van der Waals surface area contributed by atoms with Crippen molar-refractivity contribution in [3.8, 4) is 11.1 Å². The number of likely N-dealkylation sites (tertiary alicyclic amines) is 1. The number of benzene rings is 1. The van der Waals surface area contributed by atoms with Crippen molar-refractivity contribution in [2.75, 3.05) is 6.54 Å². The monoisotopic (exact) mass is 339 g/mol. The van der Waals surface area contributed by atoms with Gasteiger partial charge in [0, 0.05) is 12.1 Å². The van der Waals surface area contributed by atoms with Crippen molar-refractivity contribution >= 4 is 17.2 Å². The number of carbonyl (C=O) groups is 1. The highest BCUT2D eigenvalue weighted by molar-refractivity contribution is 7.08. The summed E-state index contributed by atoms with van der Waals surface area (Å²) in [7, 11) is 0. The van der Waals surface area contributed by atoms with Crippen LogP contribution in [0.2, 0.25) is 0 Å². The molecule has 1 aromatic heterocycles. The van der Waals surface area contributed by atoms with Crippen LogP contribution >= 0.6 is 11.3 Å². The molecule has 1 fully saturated rings. The lowest BCUT2D eigenvalue weighted by molar-refractivity contribution is -0.183. The lowest BCUT2D eigenvalue weighted by Crippen LogP contribution is -2.51. The second kappa shape index (κ2) is 6.35. The van der Waals surface area contributed by atoms with Gasteiger partial charge in [-0.05, 0) is 59.3 Å². The zero-order valence-electron chi connectivity index (χ0n) is 12.3. The standard InChI is InChI=1S/C17H16F3NOS/c18-17(19,20)15-3-1-2-9-21(15)16(22)13-6-4-12(5-7-13)14-8-10-23-11-14/h4-8,10-11,15H,1-3,9H2. The van der Waals surface area contributed by atoms with Gasteiger partial charge in [-0.2, -0.15) is 24.5 Å². The molecule has 0 spiro atoms. The number of amides is 1. The molecule has 0 N–H and O–H groups in total. The van der Waals surface area contributed by atoms with Crippen LogP contribution in [0.15, 0.2) is 41.1 Å². The van der Waals surface area contributed by atoms with Gasteiger partial charge in [0.2, 0.25) is 0 Å². The third kappa shape index (κ3) is 3.42. The van der Waals surface area contributed by atoms with Crippen molar-refractivity contribution in [1.82, 2.24) is 4.90 Å². The third-order valence-electron chi connectivity index (χ3n) is 4.13. The number of thiophene rings is 1. The van der Waals surface area contributed by atoms with Gasteiger partial charge in [-0.15, -0.1) is 0 Å². The van der Waals surface area contributed by atoms with Crippen LogP contribution in [-0.4, -0.2) is 29.6 Å². The Morgan fingerprint density at radius 3 is 2.43 bits per heavy atom. The molecule has 1 unspecified atom stereocenters. The van der Waals surface area contributed by atoms with E-state index in [-0.39, 0.29) is 13.0 Å².